The topological polar surface area (TPSA) is 35.5 Å². The molecule has 0 aromatic heterocycles. The van der Waals surface area contributed by atoms with E-state index in [0.29, 0.717) is 6.61 Å². The molecule has 0 amide bonds. The second-order valence-electron chi connectivity index (χ2n) is 2.45. The van der Waals surface area contributed by atoms with Gasteiger partial charge in [0.25, 0.3) is 0 Å². The Morgan fingerprint density at radius 2 is 2.09 bits per heavy atom. The highest BCUT2D eigenvalue weighted by Crippen LogP contribution is 2.23. The lowest BCUT2D eigenvalue weighted by molar-refractivity contribution is 0.0171. The van der Waals surface area contributed by atoms with Crippen LogP contribution in [0.4, 0.5) is 4.79 Å². The normalized spacial score (nSPS) is 15.3. The van der Waals surface area contributed by atoms with Gasteiger partial charge in [-0.05, 0) is 20.3 Å². The van der Waals surface area contributed by atoms with Gasteiger partial charge in [-0.1, -0.05) is 16.2 Å². The third kappa shape index (κ3) is 5.02. The van der Waals surface area contributed by atoms with E-state index in [0.717, 1.165) is 6.42 Å². The van der Waals surface area contributed by atoms with Gasteiger partial charge >= 0.3 is 6.16 Å². The van der Waals surface area contributed by atoms with Gasteiger partial charge in [0.15, 0.2) is 0 Å². The lowest BCUT2D eigenvalue weighted by atomic mass is 10.3. The summed E-state index contributed by atoms with van der Waals surface area (Å²) in [4.78, 5) is 10.8. The van der Waals surface area contributed by atoms with Crippen LogP contribution in [-0.2, 0) is 9.47 Å². The molecule has 66 valence electrons. The first-order chi connectivity index (χ1) is 5.02. The van der Waals surface area contributed by atoms with Crippen LogP contribution in [0, 0.1) is 0 Å². The molecule has 0 aliphatic rings. The van der Waals surface area contributed by atoms with Crippen molar-refractivity contribution in [1.29, 1.82) is 0 Å². The molecular weight excluding hydrogens is 163 g/mol. The van der Waals surface area contributed by atoms with Gasteiger partial charge < -0.3 is 9.47 Å². The number of carbonyl (C=O) groups is 1. The Kier molecular flexibility index (Phi) is 4.43. The SMILES string of the molecule is CCOC(=O)OC(C)(P)CC. The van der Waals surface area contributed by atoms with Gasteiger partial charge in [0.05, 0.1) is 6.61 Å². The summed E-state index contributed by atoms with van der Waals surface area (Å²) < 4.78 is 9.53. The van der Waals surface area contributed by atoms with Gasteiger partial charge in [-0.15, -0.1) is 0 Å². The van der Waals surface area contributed by atoms with Crippen LogP contribution < -0.4 is 0 Å². The second kappa shape index (κ2) is 4.55. The molecule has 0 saturated heterocycles. The summed E-state index contributed by atoms with van der Waals surface area (Å²) in [5.41, 5.74) is 0. The first-order valence-corrected chi connectivity index (χ1v) is 4.24. The zero-order valence-corrected chi connectivity index (χ0v) is 8.37. The summed E-state index contributed by atoms with van der Waals surface area (Å²) in [5, 5.41) is -0.494. The van der Waals surface area contributed by atoms with Crippen LogP contribution >= 0.6 is 9.24 Å². The van der Waals surface area contributed by atoms with E-state index in [2.05, 4.69) is 14.0 Å². The fraction of sp³-hybridized carbons (Fsp3) is 0.857. The molecule has 0 aliphatic carbocycles. The molecule has 0 saturated carbocycles. The molecule has 4 heteroatoms. The highest BCUT2D eigenvalue weighted by molar-refractivity contribution is 7.18. The zero-order valence-electron chi connectivity index (χ0n) is 7.22. The molecule has 3 nitrogen and oxygen atoms in total. The van der Waals surface area contributed by atoms with E-state index >= 15 is 0 Å². The summed E-state index contributed by atoms with van der Waals surface area (Å²) in [5.74, 6) is 0. The van der Waals surface area contributed by atoms with Crippen molar-refractivity contribution in [1.82, 2.24) is 0 Å². The van der Waals surface area contributed by atoms with Gasteiger partial charge in [0.2, 0.25) is 0 Å². The van der Waals surface area contributed by atoms with Crippen molar-refractivity contribution in [3.63, 3.8) is 0 Å². The van der Waals surface area contributed by atoms with Gasteiger partial charge in [-0.2, -0.15) is 0 Å². The maximum atomic E-state index is 10.8. The van der Waals surface area contributed by atoms with Gasteiger partial charge in [0, 0.05) is 0 Å². The van der Waals surface area contributed by atoms with Crippen molar-refractivity contribution in [2.24, 2.45) is 0 Å². The van der Waals surface area contributed by atoms with Crippen molar-refractivity contribution in [2.75, 3.05) is 6.61 Å². The van der Waals surface area contributed by atoms with Crippen molar-refractivity contribution in [3.05, 3.63) is 0 Å². The summed E-state index contributed by atoms with van der Waals surface area (Å²) in [6.45, 7) is 5.84. The Hall–Kier alpha value is -0.300. The molecule has 0 spiro atoms. The summed E-state index contributed by atoms with van der Waals surface area (Å²) in [6.07, 6.45) is 0.142. The maximum Gasteiger partial charge on any atom is 0.509 e. The largest absolute Gasteiger partial charge is 0.509 e. The van der Waals surface area contributed by atoms with Crippen molar-refractivity contribution < 1.29 is 14.3 Å². The van der Waals surface area contributed by atoms with Crippen molar-refractivity contribution in [3.8, 4) is 0 Å². The number of rotatable bonds is 3. The first kappa shape index (κ1) is 10.7. The molecule has 0 heterocycles. The fourth-order valence-corrected chi connectivity index (χ4v) is 0.506. The Morgan fingerprint density at radius 3 is 2.45 bits per heavy atom. The number of hydrogen-bond donors (Lipinski definition) is 0. The standard InChI is InChI=1S/C7H15O3P/c1-4-7(3,11)10-6(8)9-5-2/h4-5,11H2,1-3H3. The summed E-state index contributed by atoms with van der Waals surface area (Å²) in [6, 6.07) is 0. The van der Waals surface area contributed by atoms with E-state index in [1.54, 1.807) is 6.92 Å². The van der Waals surface area contributed by atoms with Crippen LogP contribution in [0.2, 0.25) is 0 Å². The molecule has 0 fully saturated rings. The molecule has 0 radical (unpaired) electrons. The molecule has 0 N–H and O–H groups in total. The minimum absolute atomic E-state index is 0.350. The second-order valence-corrected chi connectivity index (χ2v) is 3.67. The lowest BCUT2D eigenvalue weighted by Gasteiger charge is -2.21. The predicted molar refractivity (Wildman–Crippen MR) is 46.5 cm³/mol. The van der Waals surface area contributed by atoms with Crippen LogP contribution in [0.1, 0.15) is 27.2 Å². The van der Waals surface area contributed by atoms with Gasteiger partial charge in [-0.25, -0.2) is 4.79 Å². The first-order valence-electron chi connectivity index (χ1n) is 3.66. The summed E-state index contributed by atoms with van der Waals surface area (Å²) >= 11 is 0. The van der Waals surface area contributed by atoms with Crippen molar-refractivity contribution in [2.45, 2.75) is 32.5 Å². The molecule has 2 unspecified atom stereocenters. The number of carbonyl (C=O) groups excluding carboxylic acids is 1. The Morgan fingerprint density at radius 1 is 1.55 bits per heavy atom. The predicted octanol–water partition coefficient (Wildman–Crippen LogP) is 2.16. The molecule has 0 aliphatic heterocycles. The quantitative estimate of drug-likeness (QED) is 0.490. The third-order valence-electron chi connectivity index (χ3n) is 1.28. The van der Waals surface area contributed by atoms with E-state index in [9.17, 15) is 4.79 Å². The molecular formula is C7H15O3P. The number of hydrogen-bond acceptors (Lipinski definition) is 3. The minimum atomic E-state index is -0.605. The molecule has 0 aromatic carbocycles. The molecule has 0 rings (SSSR count). The van der Waals surface area contributed by atoms with Gasteiger partial charge in [-0.3, -0.25) is 0 Å². The van der Waals surface area contributed by atoms with E-state index in [1.807, 2.05) is 13.8 Å². The van der Waals surface area contributed by atoms with E-state index in [-0.39, 0.29) is 0 Å². The fourth-order valence-electron chi connectivity index (χ4n) is 0.410. The Balaban J connectivity index is 3.74. The highest BCUT2D eigenvalue weighted by atomic mass is 31.0. The smallest absolute Gasteiger partial charge is 0.435 e. The summed E-state index contributed by atoms with van der Waals surface area (Å²) in [7, 11) is 2.46. The van der Waals surface area contributed by atoms with E-state index < -0.39 is 11.5 Å². The van der Waals surface area contributed by atoms with Gasteiger partial charge in [0.1, 0.15) is 5.34 Å². The third-order valence-corrected chi connectivity index (χ3v) is 1.81. The van der Waals surface area contributed by atoms with E-state index in [4.69, 9.17) is 4.74 Å². The average molecular weight is 178 g/mol. The molecule has 2 atom stereocenters. The monoisotopic (exact) mass is 178 g/mol. The molecule has 11 heavy (non-hydrogen) atoms. The maximum absolute atomic E-state index is 10.8. The zero-order chi connectivity index (χ0) is 8.91. The van der Waals surface area contributed by atoms with Crippen LogP contribution in [-0.4, -0.2) is 18.1 Å². The van der Waals surface area contributed by atoms with E-state index in [1.165, 1.54) is 0 Å². The Bertz CT molecular complexity index is 134. The molecule has 0 bridgehead atoms. The number of ether oxygens (including phenoxy) is 2. The van der Waals surface area contributed by atoms with Crippen LogP contribution in [0.15, 0.2) is 0 Å². The van der Waals surface area contributed by atoms with Crippen LogP contribution in [0.5, 0.6) is 0 Å². The highest BCUT2D eigenvalue weighted by Gasteiger charge is 2.20. The average Bonchev–Trinajstić information content (AvgIpc) is 1.87. The van der Waals surface area contributed by atoms with Crippen LogP contribution in [0.25, 0.3) is 0 Å². The lowest BCUT2D eigenvalue weighted by Crippen LogP contribution is -2.24. The van der Waals surface area contributed by atoms with Crippen LogP contribution in [0.3, 0.4) is 0 Å². The Labute approximate surface area is 69.6 Å². The molecule has 0 aromatic rings. The van der Waals surface area contributed by atoms with Crippen molar-refractivity contribution >= 4 is 15.4 Å². The minimum Gasteiger partial charge on any atom is -0.435 e.